The molecular weight excluding hydrogens is 218 g/mol. The van der Waals surface area contributed by atoms with E-state index < -0.39 is 5.54 Å². The van der Waals surface area contributed by atoms with Gasteiger partial charge in [-0.2, -0.15) is 0 Å². The molecule has 3 heteroatoms. The molecule has 0 aliphatic heterocycles. The third kappa shape index (κ3) is 4.41. The average Bonchev–Trinajstić information content (AvgIpc) is 2.27. The van der Waals surface area contributed by atoms with E-state index >= 15 is 0 Å². The fourth-order valence-corrected chi connectivity index (χ4v) is 1.81. The molecule has 0 aliphatic carbocycles. The summed E-state index contributed by atoms with van der Waals surface area (Å²) in [6.07, 6.45) is 5.29. The first kappa shape index (κ1) is 12.7. The van der Waals surface area contributed by atoms with E-state index in [4.69, 9.17) is 6.42 Å². The lowest BCUT2D eigenvalue weighted by atomic mass is 10.1. The molecular formula is C13H15NOS. The van der Waals surface area contributed by atoms with E-state index in [2.05, 4.69) is 11.2 Å². The molecule has 1 amide bonds. The summed E-state index contributed by atoms with van der Waals surface area (Å²) in [6.45, 7) is 3.61. The molecule has 0 unspecified atom stereocenters. The molecule has 1 N–H and O–H groups in total. The fourth-order valence-electron chi connectivity index (χ4n) is 1.09. The second kappa shape index (κ2) is 5.62. The Morgan fingerprint density at radius 2 is 2.06 bits per heavy atom. The first-order valence-corrected chi connectivity index (χ1v) is 5.99. The highest BCUT2D eigenvalue weighted by Crippen LogP contribution is 2.16. The van der Waals surface area contributed by atoms with Gasteiger partial charge in [0.05, 0.1) is 11.3 Å². The van der Waals surface area contributed by atoms with Gasteiger partial charge in [-0.1, -0.05) is 24.1 Å². The zero-order valence-electron chi connectivity index (χ0n) is 9.49. The van der Waals surface area contributed by atoms with Crippen molar-refractivity contribution in [1.82, 2.24) is 5.32 Å². The lowest BCUT2D eigenvalue weighted by Gasteiger charge is -2.19. The fraction of sp³-hybridized carbons (Fsp3) is 0.308. The van der Waals surface area contributed by atoms with Crippen LogP contribution in [0.4, 0.5) is 0 Å². The van der Waals surface area contributed by atoms with Crippen LogP contribution in [0.1, 0.15) is 13.8 Å². The maximum absolute atomic E-state index is 11.6. The van der Waals surface area contributed by atoms with E-state index in [1.54, 1.807) is 13.8 Å². The number of hydrogen-bond donors (Lipinski definition) is 1. The molecule has 1 rings (SSSR count). The van der Waals surface area contributed by atoms with Gasteiger partial charge >= 0.3 is 0 Å². The van der Waals surface area contributed by atoms with Crippen LogP contribution < -0.4 is 5.32 Å². The monoisotopic (exact) mass is 233 g/mol. The second-order valence-corrected chi connectivity index (χ2v) is 4.97. The largest absolute Gasteiger partial charge is 0.340 e. The summed E-state index contributed by atoms with van der Waals surface area (Å²) >= 11 is 1.50. The first-order chi connectivity index (χ1) is 7.53. The Labute approximate surface area is 101 Å². The Balaban J connectivity index is 2.40. The van der Waals surface area contributed by atoms with E-state index in [0.717, 1.165) is 4.90 Å². The van der Waals surface area contributed by atoms with Crippen LogP contribution in [0.3, 0.4) is 0 Å². The van der Waals surface area contributed by atoms with Crippen LogP contribution in [0.15, 0.2) is 35.2 Å². The SMILES string of the molecule is C#CC(C)(C)NC(=O)CSc1ccccc1. The molecule has 0 aliphatic rings. The minimum Gasteiger partial charge on any atom is -0.340 e. The maximum Gasteiger partial charge on any atom is 0.231 e. The topological polar surface area (TPSA) is 29.1 Å². The second-order valence-electron chi connectivity index (χ2n) is 3.92. The van der Waals surface area contributed by atoms with Crippen LogP contribution in [0, 0.1) is 12.3 Å². The van der Waals surface area contributed by atoms with Crippen LogP contribution >= 0.6 is 11.8 Å². The molecule has 0 heterocycles. The lowest BCUT2D eigenvalue weighted by Crippen LogP contribution is -2.42. The molecule has 1 aromatic carbocycles. The number of hydrogen-bond acceptors (Lipinski definition) is 2. The molecule has 0 atom stereocenters. The van der Waals surface area contributed by atoms with Crippen LogP contribution in [-0.2, 0) is 4.79 Å². The van der Waals surface area contributed by atoms with Crippen molar-refractivity contribution < 1.29 is 4.79 Å². The van der Waals surface area contributed by atoms with E-state index in [1.165, 1.54) is 11.8 Å². The Kier molecular flexibility index (Phi) is 4.45. The molecule has 1 aromatic rings. The molecule has 0 spiro atoms. The van der Waals surface area contributed by atoms with Crippen molar-refractivity contribution in [2.75, 3.05) is 5.75 Å². The molecule has 0 fully saturated rings. The number of carbonyl (C=O) groups is 1. The summed E-state index contributed by atoms with van der Waals surface area (Å²) in [6, 6.07) is 9.80. The van der Waals surface area contributed by atoms with Crippen molar-refractivity contribution in [2.24, 2.45) is 0 Å². The maximum atomic E-state index is 11.6. The van der Waals surface area contributed by atoms with Crippen LogP contribution in [0.2, 0.25) is 0 Å². The van der Waals surface area contributed by atoms with E-state index in [0.29, 0.717) is 5.75 Å². The molecule has 0 bridgehead atoms. The van der Waals surface area contributed by atoms with Gasteiger partial charge in [-0.15, -0.1) is 18.2 Å². The number of thioether (sulfide) groups is 1. The van der Waals surface area contributed by atoms with Crippen molar-refractivity contribution in [3.05, 3.63) is 30.3 Å². The first-order valence-electron chi connectivity index (χ1n) is 5.00. The number of carbonyl (C=O) groups excluding carboxylic acids is 1. The highest BCUT2D eigenvalue weighted by molar-refractivity contribution is 8.00. The van der Waals surface area contributed by atoms with Crippen LogP contribution in [-0.4, -0.2) is 17.2 Å². The number of benzene rings is 1. The smallest absolute Gasteiger partial charge is 0.231 e. The molecule has 0 saturated heterocycles. The van der Waals surface area contributed by atoms with Crippen LogP contribution in [0.5, 0.6) is 0 Å². The standard InChI is InChI=1S/C13H15NOS/c1-4-13(2,3)14-12(15)10-16-11-8-6-5-7-9-11/h1,5-9H,10H2,2-3H3,(H,14,15). The Bertz CT molecular complexity index is 392. The van der Waals surface area contributed by atoms with Crippen molar-refractivity contribution in [3.63, 3.8) is 0 Å². The number of nitrogens with one attached hydrogen (secondary N) is 1. The van der Waals surface area contributed by atoms with Gasteiger partial charge < -0.3 is 5.32 Å². The highest BCUT2D eigenvalue weighted by atomic mass is 32.2. The number of amides is 1. The van der Waals surface area contributed by atoms with E-state index in [1.807, 2.05) is 30.3 Å². The summed E-state index contributed by atoms with van der Waals surface area (Å²) < 4.78 is 0. The summed E-state index contributed by atoms with van der Waals surface area (Å²) in [5, 5.41) is 2.78. The third-order valence-corrected chi connectivity index (χ3v) is 2.94. The van der Waals surface area contributed by atoms with E-state index in [-0.39, 0.29) is 5.91 Å². The highest BCUT2D eigenvalue weighted by Gasteiger charge is 2.16. The number of terminal acetylenes is 1. The van der Waals surface area contributed by atoms with Crippen molar-refractivity contribution in [3.8, 4) is 12.3 Å². The zero-order valence-corrected chi connectivity index (χ0v) is 10.3. The lowest BCUT2D eigenvalue weighted by molar-refractivity contribution is -0.119. The minimum atomic E-state index is -0.575. The average molecular weight is 233 g/mol. The molecule has 2 nitrogen and oxygen atoms in total. The molecule has 0 radical (unpaired) electrons. The van der Waals surface area contributed by atoms with Gasteiger partial charge in [0.15, 0.2) is 0 Å². The van der Waals surface area contributed by atoms with Gasteiger partial charge in [0.25, 0.3) is 0 Å². The Morgan fingerprint density at radius 1 is 1.44 bits per heavy atom. The summed E-state index contributed by atoms with van der Waals surface area (Å²) in [5.74, 6) is 2.87. The predicted molar refractivity (Wildman–Crippen MR) is 68.2 cm³/mol. The van der Waals surface area contributed by atoms with Crippen LogP contribution in [0.25, 0.3) is 0 Å². The zero-order chi connectivity index (χ0) is 12.0. The van der Waals surface area contributed by atoms with Crippen molar-refractivity contribution in [2.45, 2.75) is 24.3 Å². The predicted octanol–water partition coefficient (Wildman–Crippen LogP) is 2.31. The molecule has 0 aromatic heterocycles. The van der Waals surface area contributed by atoms with Gasteiger partial charge in [0.2, 0.25) is 5.91 Å². The Morgan fingerprint density at radius 3 is 2.62 bits per heavy atom. The van der Waals surface area contributed by atoms with Crippen molar-refractivity contribution in [1.29, 1.82) is 0 Å². The normalized spacial score (nSPS) is 10.6. The van der Waals surface area contributed by atoms with E-state index in [9.17, 15) is 4.79 Å². The summed E-state index contributed by atoms with van der Waals surface area (Å²) in [5.41, 5.74) is -0.575. The van der Waals surface area contributed by atoms with Gasteiger partial charge in [-0.05, 0) is 26.0 Å². The van der Waals surface area contributed by atoms with Gasteiger partial charge in [-0.3, -0.25) is 4.79 Å². The van der Waals surface area contributed by atoms with Gasteiger partial charge in [0.1, 0.15) is 0 Å². The molecule has 16 heavy (non-hydrogen) atoms. The Hall–Kier alpha value is -1.40. The molecule has 84 valence electrons. The summed E-state index contributed by atoms with van der Waals surface area (Å²) in [7, 11) is 0. The molecule has 0 saturated carbocycles. The third-order valence-electron chi connectivity index (χ3n) is 1.93. The van der Waals surface area contributed by atoms with Gasteiger partial charge in [-0.25, -0.2) is 0 Å². The minimum absolute atomic E-state index is 0.0446. The quantitative estimate of drug-likeness (QED) is 0.638. The summed E-state index contributed by atoms with van der Waals surface area (Å²) in [4.78, 5) is 12.6. The van der Waals surface area contributed by atoms with Gasteiger partial charge in [0, 0.05) is 4.90 Å². The number of rotatable bonds is 4. The van der Waals surface area contributed by atoms with Crippen molar-refractivity contribution >= 4 is 17.7 Å².